The highest BCUT2D eigenvalue weighted by Gasteiger charge is 2.15. The summed E-state index contributed by atoms with van der Waals surface area (Å²) in [4.78, 5) is 11.7. The van der Waals surface area contributed by atoms with Crippen LogP contribution in [-0.4, -0.2) is 91.1 Å². The van der Waals surface area contributed by atoms with Crippen molar-refractivity contribution in [2.75, 3.05) is 70.4 Å². The Kier molecular flexibility index (Phi) is 9.23. The van der Waals surface area contributed by atoms with Gasteiger partial charge in [-0.1, -0.05) is 6.92 Å². The van der Waals surface area contributed by atoms with Crippen LogP contribution in [0.25, 0.3) is 0 Å². The number of hydrogen-bond acceptors (Lipinski definition) is 4. The van der Waals surface area contributed by atoms with Crippen LogP contribution in [0, 0.1) is 0 Å². The van der Waals surface area contributed by atoms with Gasteiger partial charge in [-0.3, -0.25) is 9.89 Å². The Morgan fingerprint density at radius 1 is 1.05 bits per heavy atom. The average molecular weight is 413 g/mol. The second-order valence-corrected chi connectivity index (χ2v) is 6.34. The number of rotatable bonds is 4. The van der Waals surface area contributed by atoms with Crippen molar-refractivity contribution < 1.29 is 0 Å². The van der Waals surface area contributed by atoms with E-state index in [-0.39, 0.29) is 24.0 Å². The van der Waals surface area contributed by atoms with Crippen molar-refractivity contribution in [1.82, 2.24) is 14.7 Å². The second-order valence-electron chi connectivity index (χ2n) is 5.12. The van der Waals surface area contributed by atoms with Crippen molar-refractivity contribution in [1.29, 1.82) is 0 Å². The Morgan fingerprint density at radius 2 is 1.65 bits per heavy atom. The fraction of sp³-hybridized carbons (Fsp3) is 0.923. The molecule has 2 heterocycles. The van der Waals surface area contributed by atoms with Crippen molar-refractivity contribution in [3.63, 3.8) is 0 Å². The Morgan fingerprint density at radius 3 is 2.25 bits per heavy atom. The van der Waals surface area contributed by atoms with Gasteiger partial charge in [-0.2, -0.15) is 11.8 Å². The van der Waals surface area contributed by atoms with Crippen molar-refractivity contribution in [3.8, 4) is 0 Å². The van der Waals surface area contributed by atoms with Crippen LogP contribution in [0.4, 0.5) is 0 Å². The maximum Gasteiger partial charge on any atom is 0.191 e. The minimum atomic E-state index is 0. The van der Waals surface area contributed by atoms with Crippen LogP contribution in [0.2, 0.25) is 0 Å². The molecular formula is C13H28IN5S. The molecular weight excluding hydrogens is 385 g/mol. The summed E-state index contributed by atoms with van der Waals surface area (Å²) < 4.78 is 0. The quantitative estimate of drug-likeness (QED) is 0.416. The van der Waals surface area contributed by atoms with E-state index in [4.69, 9.17) is 5.73 Å². The molecule has 7 heteroatoms. The highest BCUT2D eigenvalue weighted by atomic mass is 127. The van der Waals surface area contributed by atoms with Gasteiger partial charge in [0, 0.05) is 57.3 Å². The third-order valence-corrected chi connectivity index (χ3v) is 4.88. The summed E-state index contributed by atoms with van der Waals surface area (Å²) in [5, 5.41) is 0. The minimum Gasteiger partial charge on any atom is -0.370 e. The number of thioether (sulfide) groups is 1. The van der Waals surface area contributed by atoms with Crippen LogP contribution >= 0.6 is 35.7 Å². The average Bonchev–Trinajstić information content (AvgIpc) is 2.49. The lowest BCUT2D eigenvalue weighted by Crippen LogP contribution is -2.47. The molecule has 0 saturated carbocycles. The number of aliphatic imine (C=N–C) groups is 1. The fourth-order valence-electron chi connectivity index (χ4n) is 2.53. The van der Waals surface area contributed by atoms with Gasteiger partial charge in [0.05, 0.1) is 6.54 Å². The van der Waals surface area contributed by atoms with Crippen LogP contribution in [0.5, 0.6) is 0 Å². The number of nitrogens with two attached hydrogens (primary N) is 1. The zero-order valence-electron chi connectivity index (χ0n) is 12.5. The molecule has 0 aliphatic carbocycles. The molecule has 0 radical (unpaired) electrons. The molecule has 2 saturated heterocycles. The molecule has 0 amide bonds. The molecule has 118 valence electrons. The molecule has 0 bridgehead atoms. The van der Waals surface area contributed by atoms with E-state index in [0.717, 1.165) is 32.1 Å². The van der Waals surface area contributed by atoms with E-state index < -0.39 is 0 Å². The fourth-order valence-corrected chi connectivity index (χ4v) is 3.43. The Balaban J connectivity index is 0.00000200. The lowest BCUT2D eigenvalue weighted by atomic mass is 10.3. The highest BCUT2D eigenvalue weighted by Crippen LogP contribution is 2.08. The largest absolute Gasteiger partial charge is 0.370 e. The number of piperazine rings is 1. The molecule has 2 N–H and O–H groups in total. The first-order valence-corrected chi connectivity index (χ1v) is 8.52. The van der Waals surface area contributed by atoms with Gasteiger partial charge in [-0.15, -0.1) is 24.0 Å². The summed E-state index contributed by atoms with van der Waals surface area (Å²) in [6.07, 6.45) is 0. The third kappa shape index (κ3) is 5.95. The first-order chi connectivity index (χ1) is 9.29. The smallest absolute Gasteiger partial charge is 0.191 e. The van der Waals surface area contributed by atoms with Crippen molar-refractivity contribution in [2.45, 2.75) is 6.92 Å². The lowest BCUT2D eigenvalue weighted by molar-refractivity contribution is 0.140. The van der Waals surface area contributed by atoms with E-state index in [9.17, 15) is 0 Å². The summed E-state index contributed by atoms with van der Waals surface area (Å²) in [6, 6.07) is 0. The Hall–Kier alpha value is 0.270. The second kappa shape index (κ2) is 10.1. The number of halogens is 1. The summed E-state index contributed by atoms with van der Waals surface area (Å²) in [5.74, 6) is 3.09. The van der Waals surface area contributed by atoms with E-state index in [2.05, 4.69) is 26.6 Å². The van der Waals surface area contributed by atoms with Crippen LogP contribution in [-0.2, 0) is 0 Å². The number of guanidine groups is 1. The van der Waals surface area contributed by atoms with Gasteiger partial charge in [-0.25, -0.2) is 0 Å². The SMILES string of the molecule is CCN1CCN(CCN=C(N)N2CCSCC2)CC1.I. The predicted molar refractivity (Wildman–Crippen MR) is 99.4 cm³/mol. The molecule has 0 aromatic heterocycles. The molecule has 0 aromatic rings. The number of nitrogens with zero attached hydrogens (tertiary/aromatic N) is 4. The van der Waals surface area contributed by atoms with E-state index in [0.29, 0.717) is 0 Å². The standard InChI is InChI=1S/C13H27N5S.HI/c1-2-16-5-7-17(8-6-16)4-3-15-13(14)18-9-11-19-12-10-18;/h2-12H2,1H3,(H2,14,15);1H. The zero-order chi connectivity index (χ0) is 13.5. The molecule has 0 aromatic carbocycles. The Labute approximate surface area is 144 Å². The summed E-state index contributed by atoms with van der Waals surface area (Å²) in [5.41, 5.74) is 6.05. The molecule has 0 spiro atoms. The van der Waals surface area contributed by atoms with Gasteiger partial charge in [-0.05, 0) is 6.54 Å². The molecule has 2 aliphatic rings. The van der Waals surface area contributed by atoms with Crippen LogP contribution in [0.3, 0.4) is 0 Å². The van der Waals surface area contributed by atoms with Gasteiger partial charge in [0.25, 0.3) is 0 Å². The zero-order valence-corrected chi connectivity index (χ0v) is 15.6. The van der Waals surface area contributed by atoms with Crippen molar-refractivity contribution >= 4 is 41.7 Å². The van der Waals surface area contributed by atoms with Crippen LogP contribution in [0.15, 0.2) is 4.99 Å². The molecule has 20 heavy (non-hydrogen) atoms. The van der Waals surface area contributed by atoms with Crippen molar-refractivity contribution in [2.24, 2.45) is 10.7 Å². The molecule has 5 nitrogen and oxygen atoms in total. The van der Waals surface area contributed by atoms with Gasteiger partial charge >= 0.3 is 0 Å². The summed E-state index contributed by atoms with van der Waals surface area (Å²) in [7, 11) is 0. The highest BCUT2D eigenvalue weighted by molar-refractivity contribution is 14.0. The summed E-state index contributed by atoms with van der Waals surface area (Å²) in [6.45, 7) is 12.1. The minimum absolute atomic E-state index is 0. The van der Waals surface area contributed by atoms with Gasteiger partial charge < -0.3 is 15.5 Å². The van der Waals surface area contributed by atoms with Crippen LogP contribution in [0.1, 0.15) is 6.92 Å². The summed E-state index contributed by atoms with van der Waals surface area (Å²) >= 11 is 2.00. The molecule has 2 aliphatic heterocycles. The normalized spacial score (nSPS) is 22.6. The molecule has 0 atom stereocenters. The maximum atomic E-state index is 6.05. The number of hydrogen-bond donors (Lipinski definition) is 1. The maximum absolute atomic E-state index is 6.05. The van der Waals surface area contributed by atoms with E-state index in [1.165, 1.54) is 44.2 Å². The van der Waals surface area contributed by atoms with E-state index in [1.54, 1.807) is 0 Å². The molecule has 2 fully saturated rings. The lowest BCUT2D eigenvalue weighted by Gasteiger charge is -2.33. The van der Waals surface area contributed by atoms with Gasteiger partial charge in [0.2, 0.25) is 0 Å². The van der Waals surface area contributed by atoms with E-state index >= 15 is 0 Å². The van der Waals surface area contributed by atoms with Crippen molar-refractivity contribution in [3.05, 3.63) is 0 Å². The third-order valence-electron chi connectivity index (χ3n) is 3.94. The predicted octanol–water partition coefficient (Wildman–Crippen LogP) is 0.605. The Bertz CT molecular complexity index is 288. The van der Waals surface area contributed by atoms with Crippen LogP contribution < -0.4 is 5.73 Å². The number of likely N-dealkylation sites (N-methyl/N-ethyl adjacent to an activating group) is 1. The van der Waals surface area contributed by atoms with Gasteiger partial charge in [0.15, 0.2) is 5.96 Å². The first kappa shape index (κ1) is 18.3. The molecule has 0 unspecified atom stereocenters. The van der Waals surface area contributed by atoms with Gasteiger partial charge in [0.1, 0.15) is 0 Å². The van der Waals surface area contributed by atoms with E-state index in [1.807, 2.05) is 11.8 Å². The topological polar surface area (TPSA) is 48.1 Å². The first-order valence-electron chi connectivity index (χ1n) is 7.37. The monoisotopic (exact) mass is 413 g/mol. The molecule has 2 rings (SSSR count).